The predicted molar refractivity (Wildman–Crippen MR) is 289 cm³/mol. The molecule has 0 fully saturated rings. The van der Waals surface area contributed by atoms with E-state index in [9.17, 15) is 0 Å². The molecule has 0 aliphatic heterocycles. The molecule has 0 N–H and O–H groups in total. The molecule has 0 saturated carbocycles. The fourth-order valence-corrected chi connectivity index (χ4v) is 11.7. The van der Waals surface area contributed by atoms with E-state index in [0.29, 0.717) is 0 Å². The van der Waals surface area contributed by atoms with Crippen molar-refractivity contribution in [3.63, 3.8) is 0 Å². The highest BCUT2D eigenvalue weighted by atomic mass is 16.3. The van der Waals surface area contributed by atoms with Gasteiger partial charge in [0.1, 0.15) is 11.2 Å². The van der Waals surface area contributed by atoms with Crippen LogP contribution in [0.4, 0.5) is 17.1 Å². The first-order chi connectivity index (χ1) is 34.2. The van der Waals surface area contributed by atoms with Gasteiger partial charge in [-0.3, -0.25) is 0 Å². The maximum atomic E-state index is 7.12. The zero-order valence-corrected chi connectivity index (χ0v) is 37.7. The van der Waals surface area contributed by atoms with E-state index in [2.05, 4.69) is 266 Å². The van der Waals surface area contributed by atoms with Gasteiger partial charge in [0.25, 0.3) is 0 Å². The number of fused-ring (bicyclic) bond motifs is 10. The molecule has 1 aliphatic rings. The second-order valence-electron chi connectivity index (χ2n) is 18.3. The zero-order chi connectivity index (χ0) is 45.5. The van der Waals surface area contributed by atoms with Crippen molar-refractivity contribution in [3.05, 3.63) is 283 Å². The Morgan fingerprint density at radius 1 is 0.304 bits per heavy atom. The number of nitrogens with zero attached hydrogens (tertiary/aromatic N) is 1. The van der Waals surface area contributed by atoms with Gasteiger partial charge in [0.15, 0.2) is 0 Å². The van der Waals surface area contributed by atoms with Crippen LogP contribution >= 0.6 is 0 Å². The lowest BCUT2D eigenvalue weighted by Crippen LogP contribution is -2.28. The summed E-state index contributed by atoms with van der Waals surface area (Å²) in [6, 6.07) is 95.5. The molecule has 0 atom stereocenters. The second-order valence-corrected chi connectivity index (χ2v) is 18.3. The van der Waals surface area contributed by atoms with Crippen LogP contribution in [0, 0.1) is 0 Å². The van der Waals surface area contributed by atoms with E-state index in [4.69, 9.17) is 4.42 Å². The van der Waals surface area contributed by atoms with Crippen LogP contribution in [0.3, 0.4) is 0 Å². The minimum Gasteiger partial charge on any atom is -0.455 e. The van der Waals surface area contributed by atoms with Crippen molar-refractivity contribution in [2.24, 2.45) is 0 Å². The molecule has 13 aromatic rings. The first-order valence-electron chi connectivity index (χ1n) is 23.8. The van der Waals surface area contributed by atoms with Crippen molar-refractivity contribution in [2.45, 2.75) is 5.41 Å². The highest BCUT2D eigenvalue weighted by Gasteiger charge is 2.46. The average molecular weight is 878 g/mol. The standard InChI is InChI=1S/C67H43NO/c1-4-18-44(19-5-1)45-32-34-50(35-33-45)68(52-36-38-58-57-30-16-17-31-62(57)67(63(58)43-52,48-22-6-2-7-23-48)49-24-8-3-9-25-49)51-37-39-64-59(42-51)61-41-47-21-11-13-27-54(47)65(66(61)69-64)60-40-46-20-10-12-26-53(46)55-28-14-15-29-56(55)60/h1-43H. The third kappa shape index (κ3) is 5.99. The van der Waals surface area contributed by atoms with E-state index in [1.165, 1.54) is 82.4 Å². The van der Waals surface area contributed by atoms with Crippen LogP contribution in [0.25, 0.3) is 87.6 Å². The lowest BCUT2D eigenvalue weighted by Gasteiger charge is -2.35. The van der Waals surface area contributed by atoms with Gasteiger partial charge in [0.2, 0.25) is 0 Å². The third-order valence-electron chi connectivity index (χ3n) is 14.7. The molecule has 2 nitrogen and oxygen atoms in total. The summed E-state index contributed by atoms with van der Waals surface area (Å²) in [5.74, 6) is 0. The number of hydrogen-bond donors (Lipinski definition) is 0. The van der Waals surface area contributed by atoms with Crippen LogP contribution in [0.2, 0.25) is 0 Å². The molecule has 12 aromatic carbocycles. The Hall–Kier alpha value is -8.98. The Morgan fingerprint density at radius 3 is 1.58 bits per heavy atom. The molecule has 0 radical (unpaired) electrons. The van der Waals surface area contributed by atoms with Gasteiger partial charge in [-0.25, -0.2) is 0 Å². The summed E-state index contributed by atoms with van der Waals surface area (Å²) < 4.78 is 7.12. The summed E-state index contributed by atoms with van der Waals surface area (Å²) in [6.45, 7) is 0. The summed E-state index contributed by atoms with van der Waals surface area (Å²) in [6.07, 6.45) is 0. The van der Waals surface area contributed by atoms with Gasteiger partial charge >= 0.3 is 0 Å². The quantitative estimate of drug-likeness (QED) is 0.148. The molecular weight excluding hydrogens is 835 g/mol. The van der Waals surface area contributed by atoms with Crippen LogP contribution in [0.15, 0.2) is 265 Å². The first kappa shape index (κ1) is 39.2. The molecule has 1 aliphatic carbocycles. The molecule has 322 valence electrons. The second kappa shape index (κ2) is 15.6. The van der Waals surface area contributed by atoms with Crippen molar-refractivity contribution < 1.29 is 4.42 Å². The molecule has 1 aromatic heterocycles. The van der Waals surface area contributed by atoms with Gasteiger partial charge in [0, 0.05) is 33.4 Å². The van der Waals surface area contributed by atoms with Gasteiger partial charge < -0.3 is 9.32 Å². The number of benzene rings is 12. The minimum atomic E-state index is -0.539. The minimum absolute atomic E-state index is 0.539. The molecular formula is C67H43NO. The normalized spacial score (nSPS) is 12.8. The van der Waals surface area contributed by atoms with Crippen LogP contribution in [-0.2, 0) is 5.41 Å². The Kier molecular flexibility index (Phi) is 8.84. The highest BCUT2D eigenvalue weighted by molar-refractivity contribution is 6.24. The Bertz CT molecular complexity index is 4080. The number of furan rings is 1. The maximum absolute atomic E-state index is 7.12. The van der Waals surface area contributed by atoms with Crippen molar-refractivity contribution >= 4 is 71.3 Å². The lowest BCUT2D eigenvalue weighted by molar-refractivity contribution is 0.670. The van der Waals surface area contributed by atoms with Crippen molar-refractivity contribution in [3.8, 4) is 33.4 Å². The molecule has 1 heterocycles. The summed E-state index contributed by atoms with van der Waals surface area (Å²) in [5, 5.41) is 9.41. The van der Waals surface area contributed by atoms with Crippen LogP contribution < -0.4 is 4.90 Å². The largest absolute Gasteiger partial charge is 0.455 e. The highest BCUT2D eigenvalue weighted by Crippen LogP contribution is 2.57. The van der Waals surface area contributed by atoms with E-state index in [1.807, 2.05) is 0 Å². The molecule has 0 bridgehead atoms. The maximum Gasteiger partial charge on any atom is 0.143 e. The first-order valence-corrected chi connectivity index (χ1v) is 23.8. The molecule has 69 heavy (non-hydrogen) atoms. The SMILES string of the molecule is c1ccc(-c2ccc(N(c3ccc4c(c3)C(c3ccccc3)(c3ccccc3)c3ccccc3-4)c3ccc4oc5c(-c6cc7ccccc7c7ccccc67)c6ccccc6cc5c4c3)cc2)cc1. The Labute approximate surface area is 400 Å². The number of rotatable bonds is 7. The van der Waals surface area contributed by atoms with Crippen LogP contribution in [0.5, 0.6) is 0 Å². The molecule has 2 heteroatoms. The third-order valence-corrected chi connectivity index (χ3v) is 14.7. The zero-order valence-electron chi connectivity index (χ0n) is 37.7. The van der Waals surface area contributed by atoms with E-state index >= 15 is 0 Å². The van der Waals surface area contributed by atoms with E-state index < -0.39 is 5.41 Å². The molecule has 0 spiro atoms. The summed E-state index contributed by atoms with van der Waals surface area (Å²) in [7, 11) is 0. The lowest BCUT2D eigenvalue weighted by atomic mass is 9.67. The Morgan fingerprint density at radius 2 is 0.841 bits per heavy atom. The summed E-state index contributed by atoms with van der Waals surface area (Å²) >= 11 is 0. The van der Waals surface area contributed by atoms with Crippen molar-refractivity contribution in [2.75, 3.05) is 4.90 Å². The molecule has 14 rings (SSSR count). The smallest absolute Gasteiger partial charge is 0.143 e. The van der Waals surface area contributed by atoms with E-state index in [0.717, 1.165) is 44.6 Å². The summed E-state index contributed by atoms with van der Waals surface area (Å²) in [4.78, 5) is 2.43. The monoisotopic (exact) mass is 877 g/mol. The van der Waals surface area contributed by atoms with Gasteiger partial charge in [-0.05, 0) is 137 Å². The van der Waals surface area contributed by atoms with Gasteiger partial charge in [-0.2, -0.15) is 0 Å². The van der Waals surface area contributed by atoms with Gasteiger partial charge in [-0.1, -0.05) is 206 Å². The number of hydrogen-bond acceptors (Lipinski definition) is 2. The van der Waals surface area contributed by atoms with Gasteiger partial charge in [-0.15, -0.1) is 0 Å². The predicted octanol–water partition coefficient (Wildman–Crippen LogP) is 18.2. The van der Waals surface area contributed by atoms with Crippen LogP contribution in [-0.4, -0.2) is 0 Å². The average Bonchev–Trinajstić information content (AvgIpc) is 3.94. The summed E-state index contributed by atoms with van der Waals surface area (Å²) in [5.41, 5.74) is 16.6. The number of anilines is 3. The van der Waals surface area contributed by atoms with Crippen molar-refractivity contribution in [1.29, 1.82) is 0 Å². The topological polar surface area (TPSA) is 16.4 Å². The molecule has 0 unspecified atom stereocenters. The molecule has 0 amide bonds. The van der Waals surface area contributed by atoms with E-state index in [-0.39, 0.29) is 0 Å². The Balaban J connectivity index is 1.02. The van der Waals surface area contributed by atoms with Crippen LogP contribution in [0.1, 0.15) is 22.3 Å². The molecule has 0 saturated heterocycles. The van der Waals surface area contributed by atoms with Gasteiger partial charge in [0.05, 0.1) is 5.41 Å². The fourth-order valence-electron chi connectivity index (χ4n) is 11.7. The fraction of sp³-hybridized carbons (Fsp3) is 0.0149. The van der Waals surface area contributed by atoms with E-state index in [1.54, 1.807) is 0 Å². The van der Waals surface area contributed by atoms with Crippen molar-refractivity contribution in [1.82, 2.24) is 0 Å².